The van der Waals surface area contributed by atoms with Gasteiger partial charge in [0.15, 0.2) is 0 Å². The van der Waals surface area contributed by atoms with Gasteiger partial charge in [-0.15, -0.1) is 0 Å². The van der Waals surface area contributed by atoms with E-state index in [1.165, 1.54) is 0 Å². The van der Waals surface area contributed by atoms with E-state index in [9.17, 15) is 0 Å². The number of aliphatic imine (C=N–C) groups is 4. The second-order valence-electron chi connectivity index (χ2n) is 8.73. The summed E-state index contributed by atoms with van der Waals surface area (Å²) < 4.78 is 22.1. The first-order chi connectivity index (χ1) is 14.9. The Kier molecular flexibility index (Phi) is 9.78. The Balaban J connectivity index is 1.88. The van der Waals surface area contributed by atoms with Crippen molar-refractivity contribution >= 4 is 23.6 Å². The van der Waals surface area contributed by atoms with E-state index in [1.54, 1.807) is 28.4 Å². The third kappa shape index (κ3) is 6.43. The SMILES string of the molecule is COC1=NC(C(C)C)C(OC)=NC1CCCCCC1N=C(OC)C(C(C)C)N=C1OC. The quantitative estimate of drug-likeness (QED) is 0.540. The summed E-state index contributed by atoms with van der Waals surface area (Å²) in [6.45, 7) is 8.44. The lowest BCUT2D eigenvalue weighted by Crippen LogP contribution is -2.37. The predicted octanol–water partition coefficient (Wildman–Crippen LogP) is 3.93. The molecule has 8 heteroatoms. The van der Waals surface area contributed by atoms with Crippen LogP contribution in [0.25, 0.3) is 0 Å². The summed E-state index contributed by atoms with van der Waals surface area (Å²) in [4.78, 5) is 19.0. The standard InChI is InChI=1S/C23H40N4O4/c1-14(2)18-22(30-7)24-16(20(26-18)28-5)12-10-9-11-13-17-21(29-6)27-19(15(3)4)23(25-17)31-8/h14-19H,9-13H2,1-8H3. The first-order valence-corrected chi connectivity index (χ1v) is 11.3. The van der Waals surface area contributed by atoms with Gasteiger partial charge in [0.1, 0.15) is 24.2 Å². The number of ether oxygens (including phenoxy) is 4. The fraction of sp³-hybridized carbons (Fsp3) is 0.826. The molecule has 0 amide bonds. The number of methoxy groups -OCH3 is 4. The van der Waals surface area contributed by atoms with Crippen molar-refractivity contribution in [1.82, 2.24) is 0 Å². The maximum atomic E-state index is 5.53. The molecule has 0 radical (unpaired) electrons. The molecule has 31 heavy (non-hydrogen) atoms. The molecule has 0 aromatic rings. The molecule has 176 valence electrons. The second kappa shape index (κ2) is 12.1. The average molecular weight is 437 g/mol. The summed E-state index contributed by atoms with van der Waals surface area (Å²) in [6, 6.07) is -0.301. The van der Waals surface area contributed by atoms with Gasteiger partial charge in [-0.25, -0.2) is 20.0 Å². The van der Waals surface area contributed by atoms with Crippen molar-refractivity contribution in [3.05, 3.63) is 0 Å². The third-order valence-corrected chi connectivity index (χ3v) is 5.73. The van der Waals surface area contributed by atoms with Gasteiger partial charge in [-0.05, 0) is 24.7 Å². The molecule has 0 saturated heterocycles. The number of unbranched alkanes of at least 4 members (excludes halogenated alkanes) is 2. The molecule has 8 nitrogen and oxygen atoms in total. The first kappa shape index (κ1) is 25.1. The van der Waals surface area contributed by atoms with Gasteiger partial charge in [0, 0.05) is 0 Å². The van der Waals surface area contributed by atoms with Crippen LogP contribution < -0.4 is 0 Å². The molecule has 0 bridgehead atoms. The molecule has 4 atom stereocenters. The molecule has 2 heterocycles. The zero-order valence-electron chi connectivity index (χ0n) is 20.4. The second-order valence-corrected chi connectivity index (χ2v) is 8.73. The molecule has 0 aromatic heterocycles. The van der Waals surface area contributed by atoms with Crippen molar-refractivity contribution in [2.45, 2.75) is 84.0 Å². The number of hydrogen-bond donors (Lipinski definition) is 0. The lowest BCUT2D eigenvalue weighted by atomic mass is 9.99. The minimum Gasteiger partial charge on any atom is -0.483 e. The summed E-state index contributed by atoms with van der Waals surface area (Å²) in [7, 11) is 6.66. The minimum atomic E-state index is -0.0781. The van der Waals surface area contributed by atoms with Crippen molar-refractivity contribution in [1.29, 1.82) is 0 Å². The van der Waals surface area contributed by atoms with E-state index in [-0.39, 0.29) is 24.2 Å². The van der Waals surface area contributed by atoms with E-state index in [0.717, 1.165) is 32.1 Å². The van der Waals surface area contributed by atoms with Gasteiger partial charge in [-0.1, -0.05) is 47.0 Å². The third-order valence-electron chi connectivity index (χ3n) is 5.73. The molecule has 4 unspecified atom stereocenters. The summed E-state index contributed by atoms with van der Waals surface area (Å²) in [5, 5.41) is 0. The van der Waals surface area contributed by atoms with Crippen LogP contribution in [0.1, 0.15) is 59.8 Å². The highest BCUT2D eigenvalue weighted by atomic mass is 16.5. The Morgan fingerprint density at radius 3 is 1.19 bits per heavy atom. The largest absolute Gasteiger partial charge is 0.483 e. The van der Waals surface area contributed by atoms with Crippen LogP contribution in [-0.2, 0) is 18.9 Å². The summed E-state index contributed by atoms with van der Waals surface area (Å²) in [5.41, 5.74) is 0. The Morgan fingerprint density at radius 1 is 0.548 bits per heavy atom. The van der Waals surface area contributed by atoms with E-state index in [2.05, 4.69) is 27.7 Å². The van der Waals surface area contributed by atoms with Gasteiger partial charge in [0.05, 0.1) is 28.4 Å². The number of hydrogen-bond acceptors (Lipinski definition) is 8. The lowest BCUT2D eigenvalue weighted by molar-refractivity contribution is 0.326. The normalized spacial score (nSPS) is 26.1. The minimum absolute atomic E-state index is 0.0724. The van der Waals surface area contributed by atoms with Crippen molar-refractivity contribution < 1.29 is 18.9 Å². The number of nitrogens with zero attached hydrogens (tertiary/aromatic N) is 4. The Hall–Kier alpha value is -2.12. The fourth-order valence-corrected chi connectivity index (χ4v) is 3.95. The maximum Gasteiger partial charge on any atom is 0.209 e. The monoisotopic (exact) mass is 436 g/mol. The first-order valence-electron chi connectivity index (χ1n) is 11.3. The van der Waals surface area contributed by atoms with E-state index >= 15 is 0 Å². The van der Waals surface area contributed by atoms with Gasteiger partial charge in [0.2, 0.25) is 23.6 Å². The predicted molar refractivity (Wildman–Crippen MR) is 126 cm³/mol. The molecule has 0 saturated carbocycles. The number of rotatable bonds is 8. The molecule has 0 spiro atoms. The van der Waals surface area contributed by atoms with Crippen LogP contribution in [0.5, 0.6) is 0 Å². The highest BCUT2D eigenvalue weighted by Gasteiger charge is 2.32. The molecule has 0 aromatic carbocycles. The summed E-state index contributed by atoms with van der Waals surface area (Å²) in [6.07, 6.45) is 4.84. The Bertz CT molecular complexity index is 642. The van der Waals surface area contributed by atoms with Gasteiger partial charge in [0.25, 0.3) is 0 Å². The zero-order chi connectivity index (χ0) is 23.0. The zero-order valence-corrected chi connectivity index (χ0v) is 20.4. The lowest BCUT2D eigenvalue weighted by Gasteiger charge is -2.27. The molecule has 0 fully saturated rings. The van der Waals surface area contributed by atoms with Crippen LogP contribution in [0.15, 0.2) is 20.0 Å². The fourth-order valence-electron chi connectivity index (χ4n) is 3.95. The van der Waals surface area contributed by atoms with E-state index in [1.807, 2.05) is 0 Å². The van der Waals surface area contributed by atoms with Crippen LogP contribution >= 0.6 is 0 Å². The van der Waals surface area contributed by atoms with Crippen LogP contribution in [-0.4, -0.2) is 76.2 Å². The molecular formula is C23H40N4O4. The van der Waals surface area contributed by atoms with Gasteiger partial charge < -0.3 is 18.9 Å². The molecule has 2 aliphatic heterocycles. The van der Waals surface area contributed by atoms with E-state index < -0.39 is 0 Å². The van der Waals surface area contributed by atoms with Crippen LogP contribution in [0.3, 0.4) is 0 Å². The summed E-state index contributed by atoms with van der Waals surface area (Å²) >= 11 is 0. The maximum absolute atomic E-state index is 5.53. The average Bonchev–Trinajstić information content (AvgIpc) is 2.77. The Labute approximate surface area is 187 Å². The van der Waals surface area contributed by atoms with Crippen molar-refractivity contribution in [2.24, 2.45) is 31.8 Å². The topological polar surface area (TPSA) is 86.4 Å². The van der Waals surface area contributed by atoms with Crippen LogP contribution in [0, 0.1) is 11.8 Å². The van der Waals surface area contributed by atoms with Crippen molar-refractivity contribution in [3.8, 4) is 0 Å². The summed E-state index contributed by atoms with van der Waals surface area (Å²) in [5.74, 6) is 3.43. The smallest absolute Gasteiger partial charge is 0.209 e. The molecule has 0 N–H and O–H groups in total. The van der Waals surface area contributed by atoms with E-state index in [4.69, 9.17) is 38.9 Å². The van der Waals surface area contributed by atoms with Gasteiger partial charge in [-0.2, -0.15) is 0 Å². The van der Waals surface area contributed by atoms with Crippen molar-refractivity contribution in [2.75, 3.05) is 28.4 Å². The van der Waals surface area contributed by atoms with Crippen molar-refractivity contribution in [3.63, 3.8) is 0 Å². The van der Waals surface area contributed by atoms with Crippen LogP contribution in [0.4, 0.5) is 0 Å². The molecule has 2 rings (SSSR count). The molecule has 2 aliphatic rings. The highest BCUT2D eigenvalue weighted by Crippen LogP contribution is 2.23. The molecular weight excluding hydrogens is 396 g/mol. The highest BCUT2D eigenvalue weighted by molar-refractivity contribution is 5.94. The van der Waals surface area contributed by atoms with E-state index in [0.29, 0.717) is 35.4 Å². The Morgan fingerprint density at radius 2 is 0.903 bits per heavy atom. The van der Waals surface area contributed by atoms with Gasteiger partial charge >= 0.3 is 0 Å². The van der Waals surface area contributed by atoms with Gasteiger partial charge in [-0.3, -0.25) is 0 Å². The van der Waals surface area contributed by atoms with Crippen LogP contribution in [0.2, 0.25) is 0 Å². The molecule has 0 aliphatic carbocycles.